The first-order chi connectivity index (χ1) is 26.5. The summed E-state index contributed by atoms with van der Waals surface area (Å²) in [6.45, 7) is 14.1. The largest absolute Gasteiger partial charge is 0.486 e. The number of nitrogens with zero attached hydrogens (tertiary/aromatic N) is 3. The zero-order chi connectivity index (χ0) is 38.2. The van der Waals surface area contributed by atoms with E-state index >= 15 is 0 Å². The predicted octanol–water partition coefficient (Wildman–Crippen LogP) is 12.6. The van der Waals surface area contributed by atoms with Gasteiger partial charge in [-0.25, -0.2) is 4.98 Å². The Morgan fingerprint density at radius 1 is 0.750 bits per heavy atom. The van der Waals surface area contributed by atoms with Crippen molar-refractivity contribution >= 4 is 35.3 Å². The van der Waals surface area contributed by atoms with Crippen LogP contribution in [0.2, 0.25) is 19.6 Å². The van der Waals surface area contributed by atoms with Crippen molar-refractivity contribution in [2.75, 3.05) is 0 Å². The number of hydrogen-bond acceptors (Lipinski definition) is 4. The SMILES string of the molecule is CC(C)(C)Cc1cc(-c2[c-]ccc(-c3ccccc3)c2)ncc1[Si](C)(C)C.[Ir].[c-]1ccc2c(oc3ncccc32)c1-c1cc(CC2CC3CCC2CC3)ccn1. The molecule has 0 saturated heterocycles. The molecule has 1 unspecified atom stereocenters. The van der Waals surface area contributed by atoms with E-state index in [1.165, 1.54) is 66.0 Å². The van der Waals surface area contributed by atoms with E-state index < -0.39 is 8.07 Å². The molecule has 2 bridgehead atoms. The summed E-state index contributed by atoms with van der Waals surface area (Å²) >= 11 is 0. The van der Waals surface area contributed by atoms with Crippen LogP contribution >= 0.6 is 0 Å². The number of aromatic nitrogens is 3. The predicted molar refractivity (Wildman–Crippen MR) is 231 cm³/mol. The topological polar surface area (TPSA) is 51.8 Å². The summed E-state index contributed by atoms with van der Waals surface area (Å²) < 4.78 is 6.09. The summed E-state index contributed by atoms with van der Waals surface area (Å²) in [4.78, 5) is 13.9. The molecule has 3 fully saturated rings. The van der Waals surface area contributed by atoms with E-state index in [0.717, 1.165) is 63.0 Å². The fourth-order valence-electron chi connectivity index (χ4n) is 9.03. The monoisotopic (exact) mass is 932 g/mol. The third-order valence-electron chi connectivity index (χ3n) is 11.7. The summed E-state index contributed by atoms with van der Waals surface area (Å²) in [6.07, 6.45) is 15.3. The average molecular weight is 932 g/mol. The molecule has 10 rings (SSSR count). The third kappa shape index (κ3) is 8.99. The van der Waals surface area contributed by atoms with Crippen molar-refractivity contribution in [3.63, 3.8) is 0 Å². The van der Waals surface area contributed by atoms with Crippen LogP contribution in [-0.2, 0) is 32.9 Å². The quantitative estimate of drug-likeness (QED) is 0.118. The van der Waals surface area contributed by atoms with Crippen molar-refractivity contribution in [3.05, 3.63) is 133 Å². The molecule has 3 saturated carbocycles. The molecule has 3 aliphatic rings. The molecule has 4 nitrogen and oxygen atoms in total. The minimum atomic E-state index is -1.44. The first-order valence-electron chi connectivity index (χ1n) is 20.2. The zero-order valence-corrected chi connectivity index (χ0v) is 37.1. The van der Waals surface area contributed by atoms with E-state index in [4.69, 9.17) is 9.40 Å². The average Bonchev–Trinajstić information content (AvgIpc) is 3.57. The number of benzene rings is 3. The first-order valence-corrected chi connectivity index (χ1v) is 23.7. The molecule has 3 aliphatic carbocycles. The molecule has 56 heavy (non-hydrogen) atoms. The van der Waals surface area contributed by atoms with Gasteiger partial charge in [-0.3, -0.25) is 0 Å². The standard InChI is InChI=1S/C25H23N2O.C25H30NSi.Ir/c1-3-20-21-5-2-11-27-25(21)28-24(20)22(4-1)23-15-17(10-12-26-23)14-19-13-16-6-8-18(19)9-7-16;1-25(2,3)17-22-16-23(26-18-24(22)27(4,5)6)21-14-10-13-20(15-21)19-11-8-7-9-12-19;/h1-3,5,10-12,15-16,18-19H,6-9,13-14H2;7-13,15-16,18H,17H2,1-6H3;/q2*-1;. The van der Waals surface area contributed by atoms with Gasteiger partial charge in [0, 0.05) is 44.1 Å². The molecule has 0 N–H and O–H groups in total. The Morgan fingerprint density at radius 2 is 1.54 bits per heavy atom. The molecule has 0 spiro atoms. The van der Waals surface area contributed by atoms with E-state index in [1.807, 2.05) is 24.4 Å². The van der Waals surface area contributed by atoms with Crippen LogP contribution < -0.4 is 5.19 Å². The smallest absolute Gasteiger partial charge is 0.216 e. The van der Waals surface area contributed by atoms with Crippen molar-refractivity contribution in [2.24, 2.45) is 23.2 Å². The number of pyridine rings is 3. The molecule has 1 radical (unpaired) electrons. The summed E-state index contributed by atoms with van der Waals surface area (Å²) in [5.41, 5.74) is 11.0. The Hall–Kier alpha value is -4.22. The van der Waals surface area contributed by atoms with Crippen LogP contribution in [0.5, 0.6) is 0 Å². The van der Waals surface area contributed by atoms with Crippen molar-refractivity contribution in [3.8, 4) is 33.6 Å². The minimum Gasteiger partial charge on any atom is -0.486 e. The van der Waals surface area contributed by atoms with Gasteiger partial charge >= 0.3 is 0 Å². The molecule has 4 aromatic heterocycles. The maximum Gasteiger partial charge on any atom is 0.216 e. The molecule has 6 heteroatoms. The van der Waals surface area contributed by atoms with Gasteiger partial charge in [0.25, 0.3) is 0 Å². The molecule has 7 aromatic rings. The fourth-order valence-corrected chi connectivity index (χ4v) is 10.6. The van der Waals surface area contributed by atoms with Crippen molar-refractivity contribution in [1.29, 1.82) is 0 Å². The van der Waals surface area contributed by atoms with Crippen LogP contribution in [0.25, 0.3) is 55.7 Å². The van der Waals surface area contributed by atoms with E-state index in [2.05, 4.69) is 142 Å². The zero-order valence-electron chi connectivity index (χ0n) is 33.7. The van der Waals surface area contributed by atoms with Gasteiger partial charge in [-0.05, 0) is 95.6 Å². The third-order valence-corrected chi connectivity index (χ3v) is 13.8. The van der Waals surface area contributed by atoms with Crippen molar-refractivity contribution < 1.29 is 24.5 Å². The van der Waals surface area contributed by atoms with Gasteiger partial charge in [-0.1, -0.05) is 118 Å². The van der Waals surface area contributed by atoms with Gasteiger partial charge in [0.1, 0.15) is 0 Å². The summed E-state index contributed by atoms with van der Waals surface area (Å²) in [5.74, 6) is 2.75. The van der Waals surface area contributed by atoms with Crippen LogP contribution in [0.4, 0.5) is 0 Å². The Balaban J connectivity index is 0.000000169. The molecule has 289 valence electrons. The van der Waals surface area contributed by atoms with Crippen LogP contribution in [-0.4, -0.2) is 23.0 Å². The fraction of sp³-hybridized carbons (Fsp3) is 0.340. The Morgan fingerprint density at radius 3 is 2.27 bits per heavy atom. The number of furan rings is 1. The van der Waals surface area contributed by atoms with Gasteiger partial charge in [0.15, 0.2) is 0 Å². The molecular weight excluding hydrogens is 879 g/mol. The molecular formula is C50H53IrN3OSi-2. The van der Waals surface area contributed by atoms with E-state index in [1.54, 1.807) is 6.20 Å². The van der Waals surface area contributed by atoms with Gasteiger partial charge < -0.3 is 14.4 Å². The summed E-state index contributed by atoms with van der Waals surface area (Å²) in [7, 11) is -1.44. The second kappa shape index (κ2) is 16.7. The van der Waals surface area contributed by atoms with E-state index in [-0.39, 0.29) is 25.5 Å². The Bertz CT molecular complexity index is 2420. The van der Waals surface area contributed by atoms with Crippen LogP contribution in [0.1, 0.15) is 64.0 Å². The van der Waals surface area contributed by atoms with Crippen LogP contribution in [0.15, 0.2) is 114 Å². The molecule has 1 atom stereocenters. The minimum absolute atomic E-state index is 0. The van der Waals surface area contributed by atoms with Gasteiger partial charge in [0.2, 0.25) is 5.71 Å². The van der Waals surface area contributed by atoms with Gasteiger partial charge in [-0.2, -0.15) is 0 Å². The maximum absolute atomic E-state index is 6.09. The number of fused-ring (bicyclic) bond motifs is 6. The number of rotatable bonds is 7. The van der Waals surface area contributed by atoms with Crippen LogP contribution in [0, 0.1) is 35.3 Å². The normalized spacial score (nSPS) is 18.0. The van der Waals surface area contributed by atoms with Crippen molar-refractivity contribution in [1.82, 2.24) is 15.0 Å². The summed E-state index contributed by atoms with van der Waals surface area (Å²) in [6, 6.07) is 38.3. The maximum atomic E-state index is 6.09. The number of hydrogen-bond donors (Lipinski definition) is 0. The second-order valence-corrected chi connectivity index (χ2v) is 23.2. The van der Waals surface area contributed by atoms with Crippen molar-refractivity contribution in [2.45, 2.75) is 85.4 Å². The molecule has 3 aromatic carbocycles. The molecule has 0 amide bonds. The first kappa shape index (κ1) is 40.0. The summed E-state index contributed by atoms with van der Waals surface area (Å²) in [5, 5.41) is 3.59. The van der Waals surface area contributed by atoms with E-state index in [9.17, 15) is 0 Å². The van der Waals surface area contributed by atoms with Gasteiger partial charge in [-0.15, -0.1) is 53.6 Å². The van der Waals surface area contributed by atoms with Gasteiger partial charge in [0.05, 0.1) is 13.7 Å². The second-order valence-electron chi connectivity index (χ2n) is 18.2. The molecule has 0 aliphatic heterocycles. The Kier molecular flexibility index (Phi) is 11.9. The Labute approximate surface area is 348 Å². The van der Waals surface area contributed by atoms with Crippen LogP contribution in [0.3, 0.4) is 0 Å². The molecule has 4 heterocycles. The van der Waals surface area contributed by atoms with E-state index in [0.29, 0.717) is 5.71 Å².